The summed E-state index contributed by atoms with van der Waals surface area (Å²) in [5.41, 5.74) is 2.12. The van der Waals surface area contributed by atoms with Crippen LogP contribution in [-0.2, 0) is 16.0 Å². The molecule has 1 unspecified atom stereocenters. The molecule has 2 atom stereocenters. The van der Waals surface area contributed by atoms with E-state index in [1.807, 2.05) is 36.0 Å². The van der Waals surface area contributed by atoms with Crippen molar-refractivity contribution in [3.8, 4) is 5.75 Å². The number of anilines is 1. The van der Waals surface area contributed by atoms with Crippen molar-refractivity contribution in [2.24, 2.45) is 0 Å². The molecule has 0 saturated heterocycles. The van der Waals surface area contributed by atoms with Crippen molar-refractivity contribution in [2.45, 2.75) is 37.5 Å². The van der Waals surface area contributed by atoms with Crippen LogP contribution in [0.4, 0.5) is 5.69 Å². The number of aliphatic carboxylic acids is 1. The molecule has 1 N–H and O–H groups in total. The molecule has 27 heavy (non-hydrogen) atoms. The fourth-order valence-corrected chi connectivity index (χ4v) is 4.18. The molecular formula is C21H25NO4S. The third-order valence-electron chi connectivity index (χ3n) is 4.50. The summed E-state index contributed by atoms with van der Waals surface area (Å²) >= 11 is 1.87. The third kappa shape index (κ3) is 4.96. The largest absolute Gasteiger partial charge is 0.479 e. The lowest BCUT2D eigenvalue weighted by atomic mass is 10.1. The van der Waals surface area contributed by atoms with Gasteiger partial charge in [0.05, 0.1) is 5.69 Å². The Morgan fingerprint density at radius 3 is 2.67 bits per heavy atom. The molecule has 2 aromatic rings. The highest BCUT2D eigenvalue weighted by molar-refractivity contribution is 7.99. The number of carboxylic acids is 1. The van der Waals surface area contributed by atoms with Crippen LogP contribution in [0.25, 0.3) is 0 Å². The van der Waals surface area contributed by atoms with Crippen molar-refractivity contribution >= 4 is 23.4 Å². The number of fused-ring (bicyclic) bond motifs is 1. The lowest BCUT2D eigenvalue weighted by Crippen LogP contribution is -2.40. The van der Waals surface area contributed by atoms with Gasteiger partial charge in [0.15, 0.2) is 12.3 Å². The van der Waals surface area contributed by atoms with Gasteiger partial charge in [0.1, 0.15) is 5.75 Å². The molecule has 2 aromatic carbocycles. The smallest absolute Gasteiger partial charge is 0.333 e. The second-order valence-corrected chi connectivity index (χ2v) is 7.49. The minimum atomic E-state index is -0.938. The van der Waals surface area contributed by atoms with Gasteiger partial charge < -0.3 is 19.5 Å². The summed E-state index contributed by atoms with van der Waals surface area (Å²) in [6.45, 7) is 5.17. The van der Waals surface area contributed by atoms with E-state index < -0.39 is 12.1 Å². The fraction of sp³-hybridized carbons (Fsp3) is 0.381. The van der Waals surface area contributed by atoms with Crippen LogP contribution in [-0.4, -0.2) is 42.3 Å². The van der Waals surface area contributed by atoms with Crippen molar-refractivity contribution in [3.63, 3.8) is 0 Å². The van der Waals surface area contributed by atoms with E-state index in [0.29, 0.717) is 13.0 Å². The predicted molar refractivity (Wildman–Crippen MR) is 108 cm³/mol. The SMILES string of the molecule is CCO[C@@H](Cc1ccc(OC(C)N2CCSc3ccccc32)cc1)C(=O)O. The number of rotatable bonds is 8. The van der Waals surface area contributed by atoms with Crippen molar-refractivity contribution in [1.29, 1.82) is 0 Å². The van der Waals surface area contributed by atoms with Gasteiger partial charge in [-0.15, -0.1) is 11.8 Å². The summed E-state index contributed by atoms with van der Waals surface area (Å²) < 4.78 is 11.4. The quantitative estimate of drug-likeness (QED) is 0.737. The molecule has 5 nitrogen and oxygen atoms in total. The molecule has 0 spiro atoms. The summed E-state index contributed by atoms with van der Waals surface area (Å²) in [5, 5.41) is 9.21. The van der Waals surface area contributed by atoms with E-state index in [-0.39, 0.29) is 6.23 Å². The van der Waals surface area contributed by atoms with Crippen LogP contribution in [0, 0.1) is 0 Å². The summed E-state index contributed by atoms with van der Waals surface area (Å²) in [6.07, 6.45) is -0.563. The van der Waals surface area contributed by atoms with Crippen molar-refractivity contribution in [3.05, 3.63) is 54.1 Å². The average Bonchev–Trinajstić information content (AvgIpc) is 2.68. The molecule has 0 amide bonds. The van der Waals surface area contributed by atoms with Crippen LogP contribution < -0.4 is 9.64 Å². The molecular weight excluding hydrogens is 362 g/mol. The number of benzene rings is 2. The Morgan fingerprint density at radius 1 is 1.22 bits per heavy atom. The zero-order valence-electron chi connectivity index (χ0n) is 15.6. The highest BCUT2D eigenvalue weighted by atomic mass is 32.2. The number of hydrogen-bond acceptors (Lipinski definition) is 5. The molecule has 0 bridgehead atoms. The van der Waals surface area contributed by atoms with E-state index in [0.717, 1.165) is 23.6 Å². The summed E-state index contributed by atoms with van der Waals surface area (Å²) in [4.78, 5) is 14.8. The van der Waals surface area contributed by atoms with E-state index in [1.54, 1.807) is 6.92 Å². The second kappa shape index (κ2) is 9.15. The molecule has 6 heteroatoms. The van der Waals surface area contributed by atoms with Crippen LogP contribution in [0.15, 0.2) is 53.4 Å². The van der Waals surface area contributed by atoms with Crippen LogP contribution in [0.5, 0.6) is 5.75 Å². The molecule has 1 heterocycles. The first kappa shape index (κ1) is 19.6. The van der Waals surface area contributed by atoms with Crippen molar-refractivity contribution in [1.82, 2.24) is 0 Å². The van der Waals surface area contributed by atoms with E-state index in [9.17, 15) is 9.90 Å². The van der Waals surface area contributed by atoms with Gasteiger partial charge in [-0.25, -0.2) is 4.79 Å². The van der Waals surface area contributed by atoms with E-state index in [4.69, 9.17) is 9.47 Å². The molecule has 0 aromatic heterocycles. The van der Waals surface area contributed by atoms with Crippen molar-refractivity contribution in [2.75, 3.05) is 23.8 Å². The number of ether oxygens (including phenoxy) is 2. The van der Waals surface area contributed by atoms with Gasteiger partial charge in [-0.2, -0.15) is 0 Å². The minimum absolute atomic E-state index is 0.0897. The first-order chi connectivity index (χ1) is 13.1. The fourth-order valence-electron chi connectivity index (χ4n) is 3.17. The number of nitrogens with zero attached hydrogens (tertiary/aromatic N) is 1. The normalized spacial score (nSPS) is 15.7. The Kier molecular flexibility index (Phi) is 6.63. The minimum Gasteiger partial charge on any atom is -0.479 e. The molecule has 144 valence electrons. The molecule has 3 rings (SSSR count). The molecule has 0 aliphatic carbocycles. The van der Waals surface area contributed by atoms with Gasteiger partial charge in [-0.05, 0) is 43.7 Å². The molecule has 0 fully saturated rings. The van der Waals surface area contributed by atoms with Gasteiger partial charge in [0.25, 0.3) is 0 Å². The zero-order chi connectivity index (χ0) is 19.2. The maximum absolute atomic E-state index is 11.2. The number of thioether (sulfide) groups is 1. The van der Waals surface area contributed by atoms with Crippen molar-refractivity contribution < 1.29 is 19.4 Å². The summed E-state index contributed by atoms with van der Waals surface area (Å²) in [6, 6.07) is 16.0. The first-order valence-electron chi connectivity index (χ1n) is 9.17. The number of carbonyl (C=O) groups is 1. The first-order valence-corrected chi connectivity index (χ1v) is 10.2. The monoisotopic (exact) mass is 387 g/mol. The topological polar surface area (TPSA) is 59.0 Å². The Morgan fingerprint density at radius 2 is 1.96 bits per heavy atom. The van der Waals surface area contributed by atoms with Gasteiger partial charge in [0.2, 0.25) is 0 Å². The van der Waals surface area contributed by atoms with E-state index >= 15 is 0 Å². The lowest BCUT2D eigenvalue weighted by molar-refractivity contribution is -0.149. The Bertz CT molecular complexity index is 765. The summed E-state index contributed by atoms with van der Waals surface area (Å²) in [5.74, 6) is 0.871. The van der Waals surface area contributed by atoms with Crippen LogP contribution in [0.1, 0.15) is 19.4 Å². The van der Waals surface area contributed by atoms with Crippen LogP contribution in [0.3, 0.4) is 0 Å². The van der Waals surface area contributed by atoms with Gasteiger partial charge >= 0.3 is 5.97 Å². The highest BCUT2D eigenvalue weighted by Crippen LogP contribution is 2.35. The molecule has 1 aliphatic rings. The Hall–Kier alpha value is -2.18. The Balaban J connectivity index is 1.64. The number of para-hydroxylation sites is 1. The number of carboxylic acid groups (broad SMARTS) is 1. The Labute approximate surface area is 164 Å². The maximum atomic E-state index is 11.2. The second-order valence-electron chi connectivity index (χ2n) is 6.36. The zero-order valence-corrected chi connectivity index (χ0v) is 16.4. The van der Waals surface area contributed by atoms with E-state index in [2.05, 4.69) is 36.1 Å². The third-order valence-corrected chi connectivity index (χ3v) is 5.54. The lowest BCUT2D eigenvalue weighted by Gasteiger charge is -2.35. The standard InChI is InChI=1S/C21H25NO4S/c1-3-25-19(21(23)24)14-16-8-10-17(11-9-16)26-15(2)22-12-13-27-20-7-5-4-6-18(20)22/h4-11,15,19H,3,12-14H2,1-2H3,(H,23,24)/t15?,19-/m0/s1. The maximum Gasteiger partial charge on any atom is 0.333 e. The molecule has 0 radical (unpaired) electrons. The van der Waals surface area contributed by atoms with Crippen LogP contribution >= 0.6 is 11.8 Å². The van der Waals surface area contributed by atoms with Gasteiger partial charge in [-0.3, -0.25) is 0 Å². The predicted octanol–water partition coefficient (Wildman–Crippen LogP) is 4.06. The molecule has 0 saturated carbocycles. The van der Waals surface area contributed by atoms with Crippen LogP contribution in [0.2, 0.25) is 0 Å². The van der Waals surface area contributed by atoms with E-state index in [1.165, 1.54) is 10.6 Å². The van der Waals surface area contributed by atoms with Gasteiger partial charge in [0, 0.05) is 30.2 Å². The number of hydrogen-bond donors (Lipinski definition) is 1. The molecule has 1 aliphatic heterocycles. The average molecular weight is 388 g/mol. The highest BCUT2D eigenvalue weighted by Gasteiger charge is 2.23. The summed E-state index contributed by atoms with van der Waals surface area (Å²) in [7, 11) is 0. The van der Waals surface area contributed by atoms with Gasteiger partial charge in [-0.1, -0.05) is 24.3 Å².